The molecule has 0 saturated carbocycles. The predicted molar refractivity (Wildman–Crippen MR) is 75.1 cm³/mol. The van der Waals surface area contributed by atoms with Crippen LogP contribution in [0.2, 0.25) is 0 Å². The first-order valence-electron chi connectivity index (χ1n) is 5.86. The number of hydrogen-bond acceptors (Lipinski definition) is 3. The Balaban J connectivity index is 4.43. The van der Waals surface area contributed by atoms with Crippen LogP contribution in [0.4, 0.5) is 0 Å². The van der Waals surface area contributed by atoms with E-state index in [-0.39, 0.29) is 23.8 Å². The van der Waals surface area contributed by atoms with Crippen LogP contribution in [0.15, 0.2) is 0 Å². The first-order chi connectivity index (χ1) is 7.73. The molecule has 1 atom stereocenters. The van der Waals surface area contributed by atoms with Gasteiger partial charge in [-0.2, -0.15) is 0 Å². The molecule has 0 fully saturated rings. The molecule has 0 bridgehead atoms. The summed E-state index contributed by atoms with van der Waals surface area (Å²) in [6, 6.07) is -0.0616. The summed E-state index contributed by atoms with van der Waals surface area (Å²) in [5, 5.41) is 0.781. The summed E-state index contributed by atoms with van der Waals surface area (Å²) < 4.78 is 31.5. The lowest BCUT2D eigenvalue weighted by molar-refractivity contribution is 0.163. The molecule has 17 heavy (non-hydrogen) atoms. The van der Waals surface area contributed by atoms with Gasteiger partial charge in [0.05, 0.1) is 12.4 Å². The average molecular weight is 330 g/mol. The highest BCUT2D eigenvalue weighted by atomic mass is 79.9. The van der Waals surface area contributed by atoms with Crippen molar-refractivity contribution in [2.24, 2.45) is 5.41 Å². The molecule has 0 saturated heterocycles. The van der Waals surface area contributed by atoms with E-state index in [0.29, 0.717) is 6.61 Å². The lowest BCUT2D eigenvalue weighted by Crippen LogP contribution is -2.45. The summed E-state index contributed by atoms with van der Waals surface area (Å²) in [6.45, 7) is 8.74. The molecule has 0 amide bonds. The Morgan fingerprint density at radius 2 is 1.94 bits per heavy atom. The van der Waals surface area contributed by atoms with E-state index in [1.54, 1.807) is 0 Å². The Hall–Kier alpha value is 0.350. The third-order valence-corrected chi connectivity index (χ3v) is 4.27. The summed E-state index contributed by atoms with van der Waals surface area (Å²) in [7, 11) is -3.25. The van der Waals surface area contributed by atoms with Gasteiger partial charge in [0.2, 0.25) is 10.0 Å². The van der Waals surface area contributed by atoms with Crippen molar-refractivity contribution in [3.05, 3.63) is 0 Å². The first-order valence-corrected chi connectivity index (χ1v) is 8.64. The zero-order chi connectivity index (χ0) is 13.5. The van der Waals surface area contributed by atoms with E-state index in [1.807, 2.05) is 27.7 Å². The fraction of sp³-hybridized carbons (Fsp3) is 1.00. The molecule has 0 rings (SSSR count). The van der Waals surface area contributed by atoms with Crippen molar-refractivity contribution in [2.75, 3.05) is 24.3 Å². The zero-order valence-electron chi connectivity index (χ0n) is 11.1. The minimum atomic E-state index is -3.25. The van der Waals surface area contributed by atoms with Crippen molar-refractivity contribution in [1.82, 2.24) is 4.72 Å². The van der Waals surface area contributed by atoms with Gasteiger partial charge in [-0.15, -0.1) is 0 Å². The highest BCUT2D eigenvalue weighted by Gasteiger charge is 2.27. The topological polar surface area (TPSA) is 55.4 Å². The molecule has 0 radical (unpaired) electrons. The predicted octanol–water partition coefficient (Wildman–Crippen LogP) is 2.14. The second kappa shape index (κ2) is 7.71. The van der Waals surface area contributed by atoms with E-state index in [1.165, 1.54) is 0 Å². The van der Waals surface area contributed by atoms with Crippen molar-refractivity contribution in [2.45, 2.75) is 40.2 Å². The van der Waals surface area contributed by atoms with Crippen LogP contribution >= 0.6 is 15.9 Å². The molecule has 0 aromatic heterocycles. The number of halogens is 1. The largest absolute Gasteiger partial charge is 0.381 e. The molecule has 0 heterocycles. The number of ether oxygens (including phenoxy) is 1. The first kappa shape index (κ1) is 17.4. The molecule has 0 aliphatic heterocycles. The summed E-state index contributed by atoms with van der Waals surface area (Å²) in [4.78, 5) is 0. The monoisotopic (exact) mass is 329 g/mol. The van der Waals surface area contributed by atoms with E-state index < -0.39 is 10.0 Å². The lowest BCUT2D eigenvalue weighted by Gasteiger charge is -2.30. The molecule has 1 N–H and O–H groups in total. The van der Waals surface area contributed by atoms with Crippen molar-refractivity contribution < 1.29 is 13.2 Å². The second-order valence-corrected chi connectivity index (χ2v) is 7.70. The average Bonchev–Trinajstić information content (AvgIpc) is 2.15. The van der Waals surface area contributed by atoms with Crippen molar-refractivity contribution in [3.8, 4) is 0 Å². The highest BCUT2D eigenvalue weighted by molar-refractivity contribution is 9.09. The van der Waals surface area contributed by atoms with Gasteiger partial charge in [0.15, 0.2) is 0 Å². The number of sulfonamides is 1. The Morgan fingerprint density at radius 1 is 1.35 bits per heavy atom. The van der Waals surface area contributed by atoms with E-state index >= 15 is 0 Å². The molecule has 0 aliphatic rings. The van der Waals surface area contributed by atoms with Crippen LogP contribution < -0.4 is 4.72 Å². The fourth-order valence-electron chi connectivity index (χ4n) is 1.37. The van der Waals surface area contributed by atoms with Gasteiger partial charge in [-0.3, -0.25) is 0 Å². The van der Waals surface area contributed by atoms with Crippen LogP contribution in [-0.2, 0) is 14.8 Å². The number of rotatable bonds is 8. The molecule has 0 aromatic carbocycles. The fourth-order valence-corrected chi connectivity index (χ4v) is 3.18. The van der Waals surface area contributed by atoms with E-state index in [4.69, 9.17) is 4.74 Å². The number of hydrogen-bond donors (Lipinski definition) is 1. The van der Waals surface area contributed by atoms with Crippen molar-refractivity contribution in [3.63, 3.8) is 0 Å². The van der Waals surface area contributed by atoms with Crippen LogP contribution in [0.1, 0.15) is 34.1 Å². The van der Waals surface area contributed by atoms with Crippen LogP contribution in [0.5, 0.6) is 0 Å². The van der Waals surface area contributed by atoms with Crippen molar-refractivity contribution in [1.29, 1.82) is 0 Å². The SMILES string of the molecule is CCOCCS(=O)(=O)NC(CCBr)C(C)(C)C. The Bertz CT molecular complexity index is 298. The zero-order valence-corrected chi connectivity index (χ0v) is 13.5. The maximum absolute atomic E-state index is 11.8. The standard InChI is InChI=1S/C11H24BrNO3S/c1-5-16-8-9-17(14,15)13-10(6-7-12)11(2,3)4/h10,13H,5-9H2,1-4H3. The van der Waals surface area contributed by atoms with Crippen molar-refractivity contribution >= 4 is 26.0 Å². The van der Waals surface area contributed by atoms with Gasteiger partial charge < -0.3 is 4.74 Å². The normalized spacial score (nSPS) is 14.9. The van der Waals surface area contributed by atoms with Gasteiger partial charge in [0.1, 0.15) is 0 Å². The van der Waals surface area contributed by atoms with Crippen LogP contribution in [-0.4, -0.2) is 38.8 Å². The molecule has 0 spiro atoms. The molecule has 6 heteroatoms. The highest BCUT2D eigenvalue weighted by Crippen LogP contribution is 2.23. The van der Waals surface area contributed by atoms with E-state index in [9.17, 15) is 8.42 Å². The maximum Gasteiger partial charge on any atom is 0.214 e. The second-order valence-electron chi connectivity index (χ2n) is 5.03. The van der Waals surface area contributed by atoms with Crippen LogP contribution in [0.25, 0.3) is 0 Å². The smallest absolute Gasteiger partial charge is 0.214 e. The lowest BCUT2D eigenvalue weighted by atomic mass is 9.86. The summed E-state index contributed by atoms with van der Waals surface area (Å²) in [6.07, 6.45) is 0.775. The minimum Gasteiger partial charge on any atom is -0.381 e. The quantitative estimate of drug-likeness (QED) is 0.548. The van der Waals surface area contributed by atoms with Gasteiger partial charge in [-0.1, -0.05) is 36.7 Å². The summed E-state index contributed by atoms with van der Waals surface area (Å²) >= 11 is 3.35. The van der Waals surface area contributed by atoms with E-state index in [0.717, 1.165) is 11.8 Å². The number of alkyl halides is 1. The van der Waals surface area contributed by atoms with Crippen LogP contribution in [0.3, 0.4) is 0 Å². The molecule has 0 aromatic rings. The molecule has 4 nitrogen and oxygen atoms in total. The molecule has 104 valence electrons. The summed E-state index contributed by atoms with van der Waals surface area (Å²) in [5.74, 6) is 0.0235. The van der Waals surface area contributed by atoms with Gasteiger partial charge in [-0.25, -0.2) is 13.1 Å². The minimum absolute atomic E-state index is 0.0235. The Labute approximate surface area is 114 Å². The molecular weight excluding hydrogens is 306 g/mol. The molecule has 0 aliphatic carbocycles. The third kappa shape index (κ3) is 8.13. The van der Waals surface area contributed by atoms with E-state index in [2.05, 4.69) is 20.7 Å². The molecule has 1 unspecified atom stereocenters. The Morgan fingerprint density at radius 3 is 2.35 bits per heavy atom. The summed E-state index contributed by atoms with van der Waals surface area (Å²) in [5.41, 5.74) is -0.0908. The van der Waals surface area contributed by atoms with Gasteiger partial charge >= 0.3 is 0 Å². The number of nitrogens with one attached hydrogen (secondary N) is 1. The maximum atomic E-state index is 11.8. The van der Waals surface area contributed by atoms with Crippen LogP contribution in [0, 0.1) is 5.41 Å². The van der Waals surface area contributed by atoms with Gasteiger partial charge in [-0.05, 0) is 18.8 Å². The Kier molecular flexibility index (Phi) is 7.87. The van der Waals surface area contributed by atoms with Gasteiger partial charge in [0, 0.05) is 18.0 Å². The molecular formula is C11H24BrNO3S. The van der Waals surface area contributed by atoms with Gasteiger partial charge in [0.25, 0.3) is 0 Å². The third-order valence-electron chi connectivity index (χ3n) is 2.47.